The van der Waals surface area contributed by atoms with Crippen molar-refractivity contribution in [2.45, 2.75) is 11.5 Å². The smallest absolute Gasteiger partial charge is 0.146 e. The molecule has 1 aliphatic heterocycles. The highest BCUT2D eigenvalue weighted by molar-refractivity contribution is 6.16. The van der Waals surface area contributed by atoms with E-state index in [-0.39, 0.29) is 11.8 Å². The number of hydrogen-bond donors (Lipinski definition) is 0. The van der Waals surface area contributed by atoms with E-state index in [1.54, 1.807) is 0 Å². The van der Waals surface area contributed by atoms with Crippen molar-refractivity contribution in [1.29, 1.82) is 0 Å². The highest BCUT2D eigenvalue weighted by Crippen LogP contribution is 2.69. The topological polar surface area (TPSA) is 67.7 Å². The van der Waals surface area contributed by atoms with Crippen molar-refractivity contribution in [3.05, 3.63) is 198 Å². The number of rotatable bonds is 4. The summed E-state index contributed by atoms with van der Waals surface area (Å²) in [4.78, 5) is 0. The van der Waals surface area contributed by atoms with Gasteiger partial charge >= 0.3 is 0 Å². The van der Waals surface area contributed by atoms with Crippen molar-refractivity contribution in [2.24, 2.45) is 5.92 Å². The monoisotopic (exact) mass is 874 g/mol. The number of nitrogens with zero attached hydrogens (tertiary/aromatic N) is 2. The SMILES string of the molecule is C1=c2oc3ccc(-n4c5ccccc5c5ccccc54)cc3c2=CC2C3c4cc(Oc5ccc6oc7cc8oc9ccc(-n%10c%11ccccc%11c%11ccccc%11%10)cc9c8cc7c6c5)ccc4OC123. The fraction of sp³-hybridized carbons (Fsp3) is 0.0492. The van der Waals surface area contributed by atoms with Gasteiger partial charge < -0.3 is 31.9 Å². The van der Waals surface area contributed by atoms with Crippen molar-refractivity contribution >= 4 is 111 Å². The predicted molar refractivity (Wildman–Crippen MR) is 270 cm³/mol. The predicted octanol–water partition coefficient (Wildman–Crippen LogP) is 14.3. The van der Waals surface area contributed by atoms with Crippen LogP contribution in [-0.2, 0) is 0 Å². The molecule has 3 atom stereocenters. The van der Waals surface area contributed by atoms with Gasteiger partial charge in [-0.3, -0.25) is 0 Å². The molecular weight excluding hydrogens is 841 g/mol. The molecule has 0 radical (unpaired) electrons. The van der Waals surface area contributed by atoms with E-state index in [1.807, 2.05) is 30.3 Å². The molecule has 0 saturated heterocycles. The number of benzene rings is 9. The van der Waals surface area contributed by atoms with Crippen molar-refractivity contribution in [3.63, 3.8) is 0 Å². The molecule has 3 aliphatic rings. The number of hydrogen-bond acceptors (Lipinski definition) is 5. The van der Waals surface area contributed by atoms with Gasteiger partial charge in [0.05, 0.1) is 22.1 Å². The molecule has 17 rings (SSSR count). The van der Waals surface area contributed by atoms with Crippen molar-refractivity contribution in [3.8, 4) is 28.6 Å². The zero-order valence-corrected chi connectivity index (χ0v) is 36.1. The van der Waals surface area contributed by atoms with E-state index < -0.39 is 5.60 Å². The second kappa shape index (κ2) is 12.3. The Morgan fingerprint density at radius 3 is 1.53 bits per heavy atom. The van der Waals surface area contributed by atoms with E-state index in [1.165, 1.54) is 43.6 Å². The van der Waals surface area contributed by atoms with Crippen LogP contribution in [0.3, 0.4) is 0 Å². The Kier molecular flexibility index (Phi) is 6.38. The molecule has 1 saturated carbocycles. The fourth-order valence-electron chi connectivity index (χ4n) is 12.2. The van der Waals surface area contributed by atoms with E-state index in [2.05, 4.69) is 173 Å². The molecule has 1 fully saturated rings. The lowest BCUT2D eigenvalue weighted by Crippen LogP contribution is -2.31. The average molecular weight is 875 g/mol. The zero-order chi connectivity index (χ0) is 44.0. The number of ether oxygens (including phenoxy) is 2. The lowest BCUT2D eigenvalue weighted by atomic mass is 10.1. The molecule has 9 aromatic carbocycles. The van der Waals surface area contributed by atoms with Gasteiger partial charge in [-0.25, -0.2) is 0 Å². The summed E-state index contributed by atoms with van der Waals surface area (Å²) in [6.45, 7) is 0. The molecular formula is C61H34N2O5. The first-order valence-electron chi connectivity index (χ1n) is 23.2. The molecule has 0 amide bonds. The summed E-state index contributed by atoms with van der Waals surface area (Å²) in [6.07, 6.45) is 4.60. The molecule has 6 heterocycles. The summed E-state index contributed by atoms with van der Waals surface area (Å²) in [5.74, 6) is 2.75. The van der Waals surface area contributed by atoms with Crippen LogP contribution in [0.15, 0.2) is 195 Å². The summed E-state index contributed by atoms with van der Waals surface area (Å²) in [5, 5.41) is 11.3. The van der Waals surface area contributed by atoms with Gasteiger partial charge in [-0.1, -0.05) is 78.9 Å². The number of furan rings is 3. The summed E-state index contributed by atoms with van der Waals surface area (Å²) in [6, 6.07) is 63.9. The lowest BCUT2D eigenvalue weighted by molar-refractivity contribution is 0.246. The minimum absolute atomic E-state index is 0.169. The van der Waals surface area contributed by atoms with Crippen LogP contribution in [0.1, 0.15) is 11.5 Å². The zero-order valence-electron chi connectivity index (χ0n) is 36.1. The van der Waals surface area contributed by atoms with Crippen molar-refractivity contribution in [1.82, 2.24) is 9.13 Å². The number of fused-ring (bicyclic) bond motifs is 18. The van der Waals surface area contributed by atoms with Gasteiger partial charge in [0.15, 0.2) is 0 Å². The van der Waals surface area contributed by atoms with Crippen LogP contribution in [0.5, 0.6) is 17.2 Å². The molecule has 0 bridgehead atoms. The molecule has 5 aromatic heterocycles. The lowest BCUT2D eigenvalue weighted by Gasteiger charge is -2.15. The summed E-state index contributed by atoms with van der Waals surface area (Å²) < 4.78 is 37.6. The third-order valence-corrected chi connectivity index (χ3v) is 15.2. The Hall–Kier alpha value is -8.94. The van der Waals surface area contributed by atoms with E-state index in [0.29, 0.717) is 0 Å². The van der Waals surface area contributed by atoms with E-state index in [0.717, 1.165) is 99.7 Å². The van der Waals surface area contributed by atoms with Crippen LogP contribution in [0.2, 0.25) is 0 Å². The Morgan fingerprint density at radius 2 is 0.912 bits per heavy atom. The Balaban J connectivity index is 0.712. The van der Waals surface area contributed by atoms with Crippen molar-refractivity contribution in [2.75, 3.05) is 0 Å². The van der Waals surface area contributed by atoms with Crippen LogP contribution in [0.4, 0.5) is 0 Å². The van der Waals surface area contributed by atoms with Gasteiger partial charge in [0.25, 0.3) is 0 Å². The molecule has 68 heavy (non-hydrogen) atoms. The summed E-state index contributed by atoms with van der Waals surface area (Å²) >= 11 is 0. The maximum atomic E-state index is 6.80. The second-order valence-corrected chi connectivity index (χ2v) is 18.8. The summed E-state index contributed by atoms with van der Waals surface area (Å²) in [7, 11) is 0. The highest BCUT2D eigenvalue weighted by Gasteiger charge is 2.71. The molecule has 7 heteroatoms. The molecule has 318 valence electrons. The van der Waals surface area contributed by atoms with Gasteiger partial charge in [0.2, 0.25) is 0 Å². The Labute approximate surface area is 385 Å². The van der Waals surface area contributed by atoms with Gasteiger partial charge in [-0.05, 0) is 103 Å². The molecule has 3 unspecified atom stereocenters. The van der Waals surface area contributed by atoms with E-state index in [9.17, 15) is 0 Å². The highest BCUT2D eigenvalue weighted by atomic mass is 16.5. The van der Waals surface area contributed by atoms with Crippen molar-refractivity contribution < 1.29 is 22.7 Å². The fourth-order valence-corrected chi connectivity index (χ4v) is 12.2. The minimum Gasteiger partial charge on any atom is -0.481 e. The molecule has 1 spiro atoms. The number of para-hydroxylation sites is 4. The van der Waals surface area contributed by atoms with Crippen LogP contribution >= 0.6 is 0 Å². The summed E-state index contributed by atoms with van der Waals surface area (Å²) in [5.41, 5.74) is 12.5. The van der Waals surface area contributed by atoms with Crippen LogP contribution in [-0.4, -0.2) is 14.7 Å². The first kappa shape index (κ1) is 35.3. The van der Waals surface area contributed by atoms with Gasteiger partial charge in [-0.2, -0.15) is 0 Å². The van der Waals surface area contributed by atoms with Gasteiger partial charge in [0, 0.05) is 94.6 Å². The Morgan fingerprint density at radius 1 is 0.412 bits per heavy atom. The molecule has 7 nitrogen and oxygen atoms in total. The first-order chi connectivity index (χ1) is 33.6. The minimum atomic E-state index is -0.459. The normalized spacial score (nSPS) is 18.1. The standard InChI is InChI=1S/C61H34N2O5/c1-5-13-49-37(9-1)38-10-2-6-14-50(38)62(49)33-17-21-53-41(25-33)44-29-45-43-27-35(19-23-55(43)66-58(45)31-57(44)65-53)64-36-20-24-56-47(28-36)60-48-30-46-42-26-34(18-22-54(42)67-59(46)32-61(48,60)68-56)63-51-15-7-3-11-39(51)40-12-4-8-16-52(40)63/h1-32,48,60H. The van der Waals surface area contributed by atoms with Crippen LogP contribution < -0.4 is 20.1 Å². The average Bonchev–Trinajstić information content (AvgIpc) is 4.02. The maximum Gasteiger partial charge on any atom is 0.146 e. The van der Waals surface area contributed by atoms with Gasteiger partial charge in [0.1, 0.15) is 56.2 Å². The largest absolute Gasteiger partial charge is 0.481 e. The number of aromatic nitrogens is 2. The van der Waals surface area contributed by atoms with E-state index >= 15 is 0 Å². The third-order valence-electron chi connectivity index (χ3n) is 15.2. The first-order valence-corrected chi connectivity index (χ1v) is 23.2. The second-order valence-electron chi connectivity index (χ2n) is 18.8. The molecule has 0 N–H and O–H groups in total. The molecule has 14 aromatic rings. The quantitative estimate of drug-likeness (QED) is 0.176. The Bertz CT molecular complexity index is 4620. The van der Waals surface area contributed by atoms with E-state index in [4.69, 9.17) is 22.7 Å². The van der Waals surface area contributed by atoms with Gasteiger partial charge in [-0.15, -0.1) is 0 Å². The van der Waals surface area contributed by atoms with Crippen LogP contribution in [0, 0.1) is 5.92 Å². The van der Waals surface area contributed by atoms with Crippen LogP contribution in [0.25, 0.3) is 122 Å². The molecule has 2 aliphatic carbocycles. The third kappa shape index (κ3) is 4.53. The maximum absolute atomic E-state index is 6.80.